The van der Waals surface area contributed by atoms with Crippen molar-refractivity contribution in [1.82, 2.24) is 19.1 Å². The van der Waals surface area contributed by atoms with Crippen molar-refractivity contribution >= 4 is 23.3 Å². The lowest BCUT2D eigenvalue weighted by molar-refractivity contribution is 0.450. The maximum atomic E-state index is 12.4. The summed E-state index contributed by atoms with van der Waals surface area (Å²) in [5.41, 5.74) is 2.70. The number of anilines is 1. The minimum absolute atomic E-state index is 0.0541. The summed E-state index contributed by atoms with van der Waals surface area (Å²) < 4.78 is 2.98. The fourth-order valence-electron chi connectivity index (χ4n) is 3.04. The highest BCUT2D eigenvalue weighted by Crippen LogP contribution is 2.21. The van der Waals surface area contributed by atoms with Gasteiger partial charge in [0.1, 0.15) is 11.5 Å². The summed E-state index contributed by atoms with van der Waals surface area (Å²) in [7, 11) is 1.54. The van der Waals surface area contributed by atoms with Gasteiger partial charge in [-0.1, -0.05) is 26.2 Å². The smallest absolute Gasteiger partial charge is 0.329 e. The van der Waals surface area contributed by atoms with E-state index in [9.17, 15) is 19.8 Å². The highest BCUT2D eigenvalue weighted by molar-refractivity contribution is 5.84. The molecule has 0 aliphatic rings. The predicted octanol–water partition coefficient (Wildman–Crippen LogP) is 1.86. The number of phenolic OH excluding ortho intramolecular Hbond substituents is 2. The molecule has 2 heterocycles. The van der Waals surface area contributed by atoms with E-state index in [2.05, 4.69) is 27.4 Å². The van der Waals surface area contributed by atoms with Crippen LogP contribution in [0.3, 0.4) is 0 Å². The Kier molecular flexibility index (Phi) is 6.01. The van der Waals surface area contributed by atoms with Gasteiger partial charge in [-0.15, -0.1) is 0 Å². The number of unbranched alkanes of at least 4 members (excludes halogenated alkanes) is 3. The summed E-state index contributed by atoms with van der Waals surface area (Å²) in [5.74, 6) is 0.141. The molecule has 0 radical (unpaired) electrons. The monoisotopic (exact) mass is 400 g/mol. The maximum Gasteiger partial charge on any atom is 0.329 e. The quantitative estimate of drug-likeness (QED) is 0.259. The maximum absolute atomic E-state index is 12.4. The van der Waals surface area contributed by atoms with Gasteiger partial charge in [0.25, 0.3) is 5.56 Å². The van der Waals surface area contributed by atoms with Gasteiger partial charge >= 0.3 is 5.69 Å². The van der Waals surface area contributed by atoms with E-state index in [1.165, 1.54) is 36.0 Å². The summed E-state index contributed by atoms with van der Waals surface area (Å²) in [6.07, 6.45) is 5.40. The summed E-state index contributed by atoms with van der Waals surface area (Å²) in [6.45, 7) is 2.66. The number of imidazole rings is 1. The molecule has 29 heavy (non-hydrogen) atoms. The zero-order valence-electron chi connectivity index (χ0n) is 16.3. The number of aromatic nitrogens is 4. The van der Waals surface area contributed by atoms with Gasteiger partial charge in [0.2, 0.25) is 5.95 Å². The number of hydrogen-bond acceptors (Lipinski definition) is 7. The fourth-order valence-corrected chi connectivity index (χ4v) is 3.04. The Balaban J connectivity index is 1.95. The number of nitrogens with zero attached hydrogens (tertiary/aromatic N) is 4. The molecule has 4 N–H and O–H groups in total. The SMILES string of the molecule is CCCCCCn1c(N/N=C/c2ccc(O)cc2O)nc2c1c(=O)[nH]c(=O)n2C. The van der Waals surface area contributed by atoms with Crippen LogP contribution in [0.15, 0.2) is 32.9 Å². The van der Waals surface area contributed by atoms with Crippen molar-refractivity contribution in [3.05, 3.63) is 44.6 Å². The van der Waals surface area contributed by atoms with Crippen molar-refractivity contribution in [2.45, 2.75) is 39.2 Å². The molecule has 10 heteroatoms. The molecule has 0 bridgehead atoms. The first-order valence-electron chi connectivity index (χ1n) is 9.43. The predicted molar refractivity (Wildman–Crippen MR) is 111 cm³/mol. The fraction of sp³-hybridized carbons (Fsp3) is 0.368. The van der Waals surface area contributed by atoms with E-state index in [4.69, 9.17) is 0 Å². The summed E-state index contributed by atoms with van der Waals surface area (Å²) in [5, 5.41) is 23.3. The van der Waals surface area contributed by atoms with E-state index in [0.29, 0.717) is 23.6 Å². The average Bonchev–Trinajstić information content (AvgIpc) is 3.04. The van der Waals surface area contributed by atoms with Crippen molar-refractivity contribution in [2.75, 3.05) is 5.43 Å². The number of phenols is 2. The van der Waals surface area contributed by atoms with Gasteiger partial charge in [0.15, 0.2) is 11.2 Å². The highest BCUT2D eigenvalue weighted by Gasteiger charge is 2.16. The molecule has 154 valence electrons. The molecule has 1 aromatic carbocycles. The van der Waals surface area contributed by atoms with Crippen molar-refractivity contribution in [1.29, 1.82) is 0 Å². The number of aromatic hydroxyl groups is 2. The normalized spacial score (nSPS) is 11.5. The van der Waals surface area contributed by atoms with Gasteiger partial charge in [-0.2, -0.15) is 10.1 Å². The minimum atomic E-state index is -0.540. The van der Waals surface area contributed by atoms with Crippen LogP contribution in [0, 0.1) is 0 Å². The van der Waals surface area contributed by atoms with Crippen molar-refractivity contribution in [3.63, 3.8) is 0 Å². The molecule has 10 nitrogen and oxygen atoms in total. The summed E-state index contributed by atoms with van der Waals surface area (Å²) >= 11 is 0. The van der Waals surface area contributed by atoms with Gasteiger partial charge in [-0.25, -0.2) is 10.2 Å². The molecular weight excluding hydrogens is 376 g/mol. The third-order valence-electron chi connectivity index (χ3n) is 4.62. The molecule has 0 spiro atoms. The van der Waals surface area contributed by atoms with Crippen LogP contribution in [0.1, 0.15) is 38.2 Å². The van der Waals surface area contributed by atoms with Crippen LogP contribution in [-0.4, -0.2) is 35.5 Å². The van der Waals surface area contributed by atoms with Crippen LogP contribution in [0.5, 0.6) is 11.5 Å². The van der Waals surface area contributed by atoms with Crippen molar-refractivity contribution in [2.24, 2.45) is 12.1 Å². The standard InChI is InChI=1S/C19H24N6O4/c1-3-4-5-6-9-25-15-16(24(2)19(29)22-17(15)28)21-18(25)23-20-11-12-7-8-13(26)10-14(12)27/h7-8,10-11,26-27H,3-6,9H2,1-2H3,(H,21,23)(H,22,28,29)/b20-11+. The van der Waals surface area contributed by atoms with Gasteiger partial charge in [-0.3, -0.25) is 14.3 Å². The second-order valence-electron chi connectivity index (χ2n) is 6.75. The Bertz CT molecular complexity index is 1160. The number of benzene rings is 1. The second-order valence-corrected chi connectivity index (χ2v) is 6.75. The van der Waals surface area contributed by atoms with Crippen LogP contribution in [-0.2, 0) is 13.6 Å². The van der Waals surface area contributed by atoms with Crippen LogP contribution < -0.4 is 16.7 Å². The third kappa shape index (κ3) is 4.31. The molecule has 0 amide bonds. The number of fused-ring (bicyclic) bond motifs is 1. The first-order chi connectivity index (χ1) is 13.9. The number of aryl methyl sites for hydroxylation is 2. The van der Waals surface area contributed by atoms with E-state index in [1.807, 2.05) is 0 Å². The van der Waals surface area contributed by atoms with E-state index < -0.39 is 11.2 Å². The molecule has 0 saturated heterocycles. The van der Waals surface area contributed by atoms with Gasteiger partial charge in [-0.05, 0) is 18.6 Å². The topological polar surface area (TPSA) is 138 Å². The number of H-pyrrole nitrogens is 1. The molecule has 0 atom stereocenters. The molecule has 0 aliphatic carbocycles. The van der Waals surface area contributed by atoms with Crippen molar-refractivity contribution in [3.8, 4) is 11.5 Å². The molecule has 0 fully saturated rings. The van der Waals surface area contributed by atoms with Crippen LogP contribution in [0.2, 0.25) is 0 Å². The lowest BCUT2D eigenvalue weighted by atomic mass is 10.2. The number of hydrogen-bond donors (Lipinski definition) is 4. The van der Waals surface area contributed by atoms with E-state index in [1.54, 1.807) is 4.57 Å². The lowest BCUT2D eigenvalue weighted by Crippen LogP contribution is -2.29. The minimum Gasteiger partial charge on any atom is -0.508 e. The van der Waals surface area contributed by atoms with Crippen LogP contribution in [0.4, 0.5) is 5.95 Å². The number of aromatic amines is 1. The number of nitrogens with one attached hydrogen (secondary N) is 2. The Hall–Kier alpha value is -3.56. The molecule has 0 saturated carbocycles. The van der Waals surface area contributed by atoms with Gasteiger partial charge < -0.3 is 14.8 Å². The summed E-state index contributed by atoms with van der Waals surface area (Å²) in [6, 6.07) is 4.15. The van der Waals surface area contributed by atoms with Gasteiger partial charge in [0.05, 0.1) is 6.21 Å². The highest BCUT2D eigenvalue weighted by atomic mass is 16.3. The molecule has 2 aromatic heterocycles. The number of rotatable bonds is 8. The van der Waals surface area contributed by atoms with Crippen LogP contribution >= 0.6 is 0 Å². The average molecular weight is 400 g/mol. The zero-order valence-corrected chi connectivity index (χ0v) is 16.3. The Morgan fingerprint density at radius 3 is 2.76 bits per heavy atom. The Labute approximate surface area is 166 Å². The molecular formula is C19H24N6O4. The lowest BCUT2D eigenvalue weighted by Gasteiger charge is -2.08. The Morgan fingerprint density at radius 1 is 1.24 bits per heavy atom. The van der Waals surface area contributed by atoms with Crippen LogP contribution in [0.25, 0.3) is 11.2 Å². The molecule has 3 aromatic rings. The molecule has 3 rings (SSSR count). The Morgan fingerprint density at radius 2 is 2.03 bits per heavy atom. The second kappa shape index (κ2) is 8.63. The number of hydrazone groups is 1. The van der Waals surface area contributed by atoms with Gasteiger partial charge in [0, 0.05) is 25.2 Å². The van der Waals surface area contributed by atoms with Crippen molar-refractivity contribution < 1.29 is 10.2 Å². The van der Waals surface area contributed by atoms with E-state index in [0.717, 1.165) is 25.7 Å². The molecule has 0 aliphatic heterocycles. The largest absolute Gasteiger partial charge is 0.508 e. The zero-order chi connectivity index (χ0) is 21.0. The first kappa shape index (κ1) is 20.2. The van der Waals surface area contributed by atoms with E-state index >= 15 is 0 Å². The molecule has 0 unspecified atom stereocenters. The third-order valence-corrected chi connectivity index (χ3v) is 4.62. The summed E-state index contributed by atoms with van der Waals surface area (Å²) in [4.78, 5) is 31.0. The first-order valence-corrected chi connectivity index (χ1v) is 9.43. The van der Waals surface area contributed by atoms with E-state index in [-0.39, 0.29) is 17.1 Å².